The van der Waals surface area contributed by atoms with E-state index < -0.39 is 0 Å². The second-order valence-corrected chi connectivity index (χ2v) is 5.00. The lowest BCUT2D eigenvalue weighted by Gasteiger charge is -2.13. The van der Waals surface area contributed by atoms with Gasteiger partial charge in [-0.2, -0.15) is 0 Å². The topological polar surface area (TPSA) is 33.1 Å². The molecule has 0 spiro atoms. The van der Waals surface area contributed by atoms with Gasteiger partial charge in [0.2, 0.25) is 5.28 Å². The maximum absolute atomic E-state index is 6.00. The third kappa shape index (κ3) is 2.51. The molecule has 1 atom stereocenters. The van der Waals surface area contributed by atoms with Gasteiger partial charge < -0.3 is 14.8 Å². The average molecular weight is 263 g/mol. The summed E-state index contributed by atoms with van der Waals surface area (Å²) in [7, 11) is 4.01. The maximum atomic E-state index is 6.00. The number of likely N-dealkylation sites (N-methyl/N-ethyl adjacent to an activating group) is 1. The standard InChI is InChI=1S/C10H16Cl2N4/c1-15-4-3-7(6-15)13-5-8-9(11)14-10(12)16(8)2/h7,13H,3-6H2,1-2H3. The van der Waals surface area contributed by atoms with Gasteiger partial charge in [0, 0.05) is 26.2 Å². The van der Waals surface area contributed by atoms with Crippen LogP contribution in [0, 0.1) is 0 Å². The van der Waals surface area contributed by atoms with Gasteiger partial charge in [-0.05, 0) is 31.6 Å². The number of nitrogens with zero attached hydrogens (tertiary/aromatic N) is 3. The van der Waals surface area contributed by atoms with Crippen LogP contribution in [0.5, 0.6) is 0 Å². The van der Waals surface area contributed by atoms with Crippen molar-refractivity contribution >= 4 is 23.2 Å². The summed E-state index contributed by atoms with van der Waals surface area (Å²) < 4.78 is 1.82. The van der Waals surface area contributed by atoms with Gasteiger partial charge in [0.05, 0.1) is 5.69 Å². The number of aromatic nitrogens is 2. The summed E-state index contributed by atoms with van der Waals surface area (Å²) >= 11 is 11.9. The SMILES string of the molecule is CN1CCC(NCc2c(Cl)nc(Cl)n2C)C1. The van der Waals surface area contributed by atoms with Crippen molar-refractivity contribution in [3.63, 3.8) is 0 Å². The zero-order valence-corrected chi connectivity index (χ0v) is 11.0. The molecule has 1 aliphatic heterocycles. The van der Waals surface area contributed by atoms with Crippen LogP contribution in [0.15, 0.2) is 0 Å². The molecule has 0 bridgehead atoms. The molecule has 0 radical (unpaired) electrons. The third-order valence-corrected chi connectivity index (χ3v) is 3.70. The van der Waals surface area contributed by atoms with Gasteiger partial charge in [-0.3, -0.25) is 0 Å². The molecule has 1 aromatic heterocycles. The summed E-state index contributed by atoms with van der Waals surface area (Å²) in [5.41, 5.74) is 0.946. The Morgan fingerprint density at radius 2 is 2.19 bits per heavy atom. The number of imidazole rings is 1. The summed E-state index contributed by atoms with van der Waals surface area (Å²) in [5, 5.41) is 4.41. The Balaban J connectivity index is 1.94. The lowest BCUT2D eigenvalue weighted by molar-refractivity contribution is 0.397. The minimum absolute atomic E-state index is 0.435. The highest BCUT2D eigenvalue weighted by molar-refractivity contribution is 6.32. The van der Waals surface area contributed by atoms with Crippen molar-refractivity contribution in [3.05, 3.63) is 16.1 Å². The number of likely N-dealkylation sites (tertiary alicyclic amines) is 1. The van der Waals surface area contributed by atoms with E-state index in [0.29, 0.717) is 23.0 Å². The van der Waals surface area contributed by atoms with E-state index in [0.717, 1.165) is 18.8 Å². The smallest absolute Gasteiger partial charge is 0.204 e. The minimum Gasteiger partial charge on any atom is -0.319 e. The monoisotopic (exact) mass is 262 g/mol. The molecule has 1 aromatic rings. The molecular weight excluding hydrogens is 247 g/mol. The molecule has 16 heavy (non-hydrogen) atoms. The van der Waals surface area contributed by atoms with E-state index in [4.69, 9.17) is 23.2 Å². The fourth-order valence-corrected chi connectivity index (χ4v) is 2.51. The first-order valence-electron chi connectivity index (χ1n) is 5.36. The van der Waals surface area contributed by atoms with Crippen molar-refractivity contribution in [2.75, 3.05) is 20.1 Å². The summed E-state index contributed by atoms with van der Waals surface area (Å²) in [6.07, 6.45) is 1.18. The summed E-state index contributed by atoms with van der Waals surface area (Å²) in [4.78, 5) is 6.33. The summed E-state index contributed by atoms with van der Waals surface area (Å²) in [5.74, 6) is 0. The van der Waals surface area contributed by atoms with Crippen LogP contribution in [0.2, 0.25) is 10.4 Å². The zero-order valence-electron chi connectivity index (χ0n) is 9.50. The van der Waals surface area contributed by atoms with Crippen LogP contribution < -0.4 is 5.32 Å². The largest absolute Gasteiger partial charge is 0.319 e. The van der Waals surface area contributed by atoms with E-state index in [2.05, 4.69) is 22.2 Å². The van der Waals surface area contributed by atoms with Gasteiger partial charge in [0.1, 0.15) is 0 Å². The zero-order chi connectivity index (χ0) is 11.7. The van der Waals surface area contributed by atoms with Crippen LogP contribution >= 0.6 is 23.2 Å². The molecule has 6 heteroatoms. The van der Waals surface area contributed by atoms with Crippen molar-refractivity contribution in [3.8, 4) is 0 Å². The molecule has 2 rings (SSSR count). The van der Waals surface area contributed by atoms with Crippen LogP contribution in [-0.4, -0.2) is 40.6 Å². The van der Waals surface area contributed by atoms with E-state index in [1.165, 1.54) is 6.42 Å². The van der Waals surface area contributed by atoms with Crippen molar-refractivity contribution in [2.45, 2.75) is 19.0 Å². The molecule has 90 valence electrons. The van der Waals surface area contributed by atoms with E-state index in [9.17, 15) is 0 Å². The molecule has 1 saturated heterocycles. The van der Waals surface area contributed by atoms with Crippen molar-refractivity contribution in [2.24, 2.45) is 7.05 Å². The lowest BCUT2D eigenvalue weighted by Crippen LogP contribution is -2.31. The van der Waals surface area contributed by atoms with Crippen molar-refractivity contribution in [1.29, 1.82) is 0 Å². The number of hydrogen-bond acceptors (Lipinski definition) is 3. The predicted molar refractivity (Wildman–Crippen MR) is 66.0 cm³/mol. The average Bonchev–Trinajstić information content (AvgIpc) is 2.72. The third-order valence-electron chi connectivity index (χ3n) is 3.06. The Bertz CT molecular complexity index is 377. The molecule has 0 aromatic carbocycles. The number of nitrogens with one attached hydrogen (secondary N) is 1. The fraction of sp³-hybridized carbons (Fsp3) is 0.700. The molecule has 1 unspecified atom stereocenters. The minimum atomic E-state index is 0.435. The van der Waals surface area contributed by atoms with Crippen molar-refractivity contribution < 1.29 is 0 Å². The number of rotatable bonds is 3. The Labute approximate surface area is 106 Å². The number of halogens is 2. The molecule has 0 amide bonds. The molecule has 2 heterocycles. The van der Waals surface area contributed by atoms with Gasteiger partial charge in [0.15, 0.2) is 5.15 Å². The quantitative estimate of drug-likeness (QED) is 0.897. The van der Waals surface area contributed by atoms with Crippen LogP contribution in [0.3, 0.4) is 0 Å². The van der Waals surface area contributed by atoms with Crippen LogP contribution in [0.1, 0.15) is 12.1 Å². The fourth-order valence-electron chi connectivity index (χ4n) is 2.00. The van der Waals surface area contributed by atoms with Gasteiger partial charge in [-0.15, -0.1) is 0 Å². The molecule has 0 saturated carbocycles. The van der Waals surface area contributed by atoms with Gasteiger partial charge in [-0.1, -0.05) is 11.6 Å². The van der Waals surface area contributed by atoms with E-state index in [-0.39, 0.29) is 0 Å². The molecule has 1 fully saturated rings. The molecule has 1 aliphatic rings. The maximum Gasteiger partial charge on any atom is 0.204 e. The normalized spacial score (nSPS) is 21.9. The first kappa shape index (κ1) is 12.2. The summed E-state index contributed by atoms with van der Waals surface area (Å²) in [6, 6.07) is 0.537. The number of hydrogen-bond donors (Lipinski definition) is 1. The Morgan fingerprint density at radius 1 is 1.44 bits per heavy atom. The van der Waals surface area contributed by atoms with Crippen LogP contribution in [0.25, 0.3) is 0 Å². The highest BCUT2D eigenvalue weighted by Crippen LogP contribution is 2.19. The van der Waals surface area contributed by atoms with Gasteiger partial charge in [-0.25, -0.2) is 4.98 Å². The second kappa shape index (κ2) is 4.92. The van der Waals surface area contributed by atoms with E-state index in [1.54, 1.807) is 0 Å². The van der Waals surface area contributed by atoms with Gasteiger partial charge in [0.25, 0.3) is 0 Å². The van der Waals surface area contributed by atoms with Gasteiger partial charge >= 0.3 is 0 Å². The second-order valence-electron chi connectivity index (χ2n) is 4.31. The van der Waals surface area contributed by atoms with E-state index >= 15 is 0 Å². The first-order valence-corrected chi connectivity index (χ1v) is 6.12. The molecule has 1 N–H and O–H groups in total. The Kier molecular flexibility index (Phi) is 3.74. The summed E-state index contributed by atoms with van der Waals surface area (Å²) in [6.45, 7) is 2.95. The van der Waals surface area contributed by atoms with E-state index in [1.807, 2.05) is 11.6 Å². The lowest BCUT2D eigenvalue weighted by atomic mass is 10.2. The highest BCUT2D eigenvalue weighted by Gasteiger charge is 2.20. The molecule has 4 nitrogen and oxygen atoms in total. The first-order chi connectivity index (χ1) is 7.58. The Hall–Kier alpha value is -0.290. The molecular formula is C10H16Cl2N4. The van der Waals surface area contributed by atoms with Crippen molar-refractivity contribution in [1.82, 2.24) is 19.8 Å². The highest BCUT2D eigenvalue weighted by atomic mass is 35.5. The Morgan fingerprint density at radius 3 is 2.69 bits per heavy atom. The van der Waals surface area contributed by atoms with Crippen LogP contribution in [0.4, 0.5) is 0 Å². The van der Waals surface area contributed by atoms with Crippen LogP contribution in [-0.2, 0) is 13.6 Å². The molecule has 0 aliphatic carbocycles. The predicted octanol–water partition coefficient (Wildman–Crippen LogP) is 1.52.